The number of hydrogen-bond donors (Lipinski definition) is 2. The van der Waals surface area contributed by atoms with Gasteiger partial charge in [-0.15, -0.1) is 0 Å². The van der Waals surface area contributed by atoms with Crippen LogP contribution in [0.1, 0.15) is 12.0 Å². The zero-order valence-electron chi connectivity index (χ0n) is 13.4. The molecule has 2 unspecified atom stereocenters. The first-order valence-electron chi connectivity index (χ1n) is 7.59. The van der Waals surface area contributed by atoms with Crippen LogP contribution in [0.15, 0.2) is 18.2 Å². The first-order valence-corrected chi connectivity index (χ1v) is 7.59. The molecular weight excluding hydrogens is 303 g/mol. The third kappa shape index (κ3) is 4.25. The lowest BCUT2D eigenvalue weighted by molar-refractivity contribution is 0.157. The maximum absolute atomic E-state index is 13.4. The number of rotatable bonds is 6. The van der Waals surface area contributed by atoms with E-state index >= 15 is 0 Å². The quantitative estimate of drug-likeness (QED) is 0.828. The molecule has 2 amide bonds. The van der Waals surface area contributed by atoms with E-state index in [1.54, 1.807) is 14.2 Å². The summed E-state index contributed by atoms with van der Waals surface area (Å²) in [4.78, 5) is 13.4. The third-order valence-electron chi connectivity index (χ3n) is 3.97. The molecule has 23 heavy (non-hydrogen) atoms. The molecule has 1 aromatic rings. The number of ether oxygens (including phenoxy) is 2. The van der Waals surface area contributed by atoms with Crippen molar-refractivity contribution in [2.24, 2.45) is 0 Å². The number of amides is 2. The van der Waals surface area contributed by atoms with Crippen LogP contribution in [0.4, 0.5) is 9.18 Å². The fourth-order valence-corrected chi connectivity index (χ4v) is 2.73. The highest BCUT2D eigenvalue weighted by Gasteiger charge is 2.34. The lowest BCUT2D eigenvalue weighted by atomic mass is 10.1. The van der Waals surface area contributed by atoms with Crippen molar-refractivity contribution in [2.75, 3.05) is 33.9 Å². The maximum Gasteiger partial charge on any atom is 0.317 e. The number of nitrogens with zero attached hydrogens (tertiary/aromatic N) is 1. The van der Waals surface area contributed by atoms with Crippen molar-refractivity contribution >= 4 is 6.03 Å². The molecule has 2 rings (SSSR count). The Labute approximate surface area is 135 Å². The molecule has 1 aliphatic heterocycles. The van der Waals surface area contributed by atoms with E-state index in [0.717, 1.165) is 5.56 Å². The monoisotopic (exact) mass is 326 g/mol. The van der Waals surface area contributed by atoms with Crippen LogP contribution in [-0.2, 0) is 6.42 Å². The fourth-order valence-electron chi connectivity index (χ4n) is 2.73. The number of nitrogens with one attached hydrogen (secondary N) is 1. The highest BCUT2D eigenvalue weighted by Crippen LogP contribution is 2.27. The van der Waals surface area contributed by atoms with Gasteiger partial charge in [0.1, 0.15) is 6.17 Å². The molecule has 128 valence electrons. The van der Waals surface area contributed by atoms with Crippen molar-refractivity contribution in [3.05, 3.63) is 23.8 Å². The van der Waals surface area contributed by atoms with Gasteiger partial charge in [-0.25, -0.2) is 9.18 Å². The average molecular weight is 326 g/mol. The van der Waals surface area contributed by atoms with Gasteiger partial charge in [0.05, 0.1) is 33.4 Å². The van der Waals surface area contributed by atoms with E-state index in [-0.39, 0.29) is 25.6 Å². The summed E-state index contributed by atoms with van der Waals surface area (Å²) in [5, 5.41) is 12.0. The summed E-state index contributed by atoms with van der Waals surface area (Å²) in [5.41, 5.74) is 0.992. The van der Waals surface area contributed by atoms with E-state index in [4.69, 9.17) is 9.47 Å². The van der Waals surface area contributed by atoms with Gasteiger partial charge in [0.2, 0.25) is 0 Å². The molecular formula is C16H23FN2O4. The van der Waals surface area contributed by atoms with Crippen LogP contribution in [-0.4, -0.2) is 62.2 Å². The Hall–Kier alpha value is -2.02. The molecule has 0 bridgehead atoms. The van der Waals surface area contributed by atoms with Gasteiger partial charge < -0.3 is 24.8 Å². The van der Waals surface area contributed by atoms with Gasteiger partial charge in [-0.3, -0.25) is 0 Å². The maximum atomic E-state index is 13.4. The van der Waals surface area contributed by atoms with Gasteiger partial charge >= 0.3 is 6.03 Å². The van der Waals surface area contributed by atoms with Crippen LogP contribution in [0.25, 0.3) is 0 Å². The van der Waals surface area contributed by atoms with Crippen molar-refractivity contribution in [3.63, 3.8) is 0 Å². The molecule has 0 spiro atoms. The second-order valence-electron chi connectivity index (χ2n) is 5.49. The Morgan fingerprint density at radius 1 is 1.39 bits per heavy atom. The zero-order chi connectivity index (χ0) is 16.8. The highest BCUT2D eigenvalue weighted by molar-refractivity contribution is 5.75. The molecule has 7 heteroatoms. The Kier molecular flexibility index (Phi) is 6.04. The molecule has 0 saturated carbocycles. The van der Waals surface area contributed by atoms with E-state index in [1.807, 2.05) is 18.2 Å². The van der Waals surface area contributed by atoms with E-state index in [1.165, 1.54) is 4.90 Å². The molecule has 6 nitrogen and oxygen atoms in total. The number of alkyl halides is 1. The summed E-state index contributed by atoms with van der Waals surface area (Å²) in [6.07, 6.45) is -0.258. The molecule has 1 heterocycles. The summed E-state index contributed by atoms with van der Waals surface area (Å²) >= 11 is 0. The van der Waals surface area contributed by atoms with Gasteiger partial charge in [-0.1, -0.05) is 6.07 Å². The van der Waals surface area contributed by atoms with E-state index in [0.29, 0.717) is 24.5 Å². The summed E-state index contributed by atoms with van der Waals surface area (Å²) < 4.78 is 23.8. The fraction of sp³-hybridized carbons (Fsp3) is 0.562. The minimum absolute atomic E-state index is 0.0351. The molecule has 2 N–H and O–H groups in total. The Morgan fingerprint density at radius 3 is 2.78 bits per heavy atom. The van der Waals surface area contributed by atoms with E-state index in [9.17, 15) is 14.3 Å². The molecule has 0 aliphatic carbocycles. The van der Waals surface area contributed by atoms with Crippen LogP contribution in [0.5, 0.6) is 11.5 Å². The second kappa shape index (κ2) is 8.01. The van der Waals surface area contributed by atoms with Gasteiger partial charge in [-0.2, -0.15) is 0 Å². The van der Waals surface area contributed by atoms with Crippen LogP contribution >= 0.6 is 0 Å². The number of benzene rings is 1. The minimum atomic E-state index is -1.07. The number of urea groups is 1. The predicted octanol–water partition coefficient (Wildman–Crippen LogP) is 1.36. The Bertz CT molecular complexity index is 541. The lowest BCUT2D eigenvalue weighted by Gasteiger charge is -2.22. The number of hydrogen-bond acceptors (Lipinski definition) is 4. The van der Waals surface area contributed by atoms with E-state index < -0.39 is 12.2 Å². The molecule has 0 radical (unpaired) electrons. The molecule has 1 aliphatic rings. The lowest BCUT2D eigenvalue weighted by Crippen LogP contribution is -2.44. The number of halogens is 1. The Balaban J connectivity index is 1.86. The van der Waals surface area contributed by atoms with Crippen LogP contribution in [0.2, 0.25) is 0 Å². The number of aliphatic hydroxyl groups excluding tert-OH is 1. The summed E-state index contributed by atoms with van der Waals surface area (Å²) in [5.74, 6) is 1.29. The minimum Gasteiger partial charge on any atom is -0.493 e. The molecule has 2 atom stereocenters. The van der Waals surface area contributed by atoms with Crippen molar-refractivity contribution in [1.29, 1.82) is 0 Å². The van der Waals surface area contributed by atoms with Gasteiger partial charge in [-0.05, 0) is 24.1 Å². The predicted molar refractivity (Wildman–Crippen MR) is 83.7 cm³/mol. The molecule has 0 aromatic heterocycles. The van der Waals surface area contributed by atoms with Crippen LogP contribution < -0.4 is 14.8 Å². The van der Waals surface area contributed by atoms with Gasteiger partial charge in [0.15, 0.2) is 11.5 Å². The molecule has 1 aromatic carbocycles. The standard InChI is InChI=1S/C16H23FN2O4/c1-22-14-4-3-11(7-15(14)23-2)5-6-18-16(21)19-9-12(17)8-13(19)10-20/h3-4,7,12-13,20H,5-6,8-10H2,1-2H3,(H,18,21). The summed E-state index contributed by atoms with van der Waals surface area (Å²) in [7, 11) is 3.14. The van der Waals surface area contributed by atoms with Crippen molar-refractivity contribution in [1.82, 2.24) is 10.2 Å². The highest BCUT2D eigenvalue weighted by atomic mass is 19.1. The van der Waals surface area contributed by atoms with Crippen LogP contribution in [0.3, 0.4) is 0 Å². The van der Waals surface area contributed by atoms with Gasteiger partial charge in [0.25, 0.3) is 0 Å². The SMILES string of the molecule is COc1ccc(CCNC(=O)N2CC(F)CC2CO)cc1OC. The van der Waals surface area contributed by atoms with E-state index in [2.05, 4.69) is 5.32 Å². The number of carbonyl (C=O) groups is 1. The summed E-state index contributed by atoms with van der Waals surface area (Å²) in [6.45, 7) is 0.233. The zero-order valence-corrected chi connectivity index (χ0v) is 13.4. The number of methoxy groups -OCH3 is 2. The first kappa shape index (κ1) is 17.3. The molecule has 1 fully saturated rings. The van der Waals surface area contributed by atoms with Crippen LogP contribution in [0, 0.1) is 0 Å². The largest absolute Gasteiger partial charge is 0.493 e. The smallest absolute Gasteiger partial charge is 0.317 e. The van der Waals surface area contributed by atoms with Crippen molar-refractivity contribution in [2.45, 2.75) is 25.1 Å². The van der Waals surface area contributed by atoms with Crippen molar-refractivity contribution < 1.29 is 23.8 Å². The third-order valence-corrected chi connectivity index (χ3v) is 3.97. The molecule has 1 saturated heterocycles. The Morgan fingerprint density at radius 2 is 2.13 bits per heavy atom. The number of aliphatic hydroxyl groups is 1. The van der Waals surface area contributed by atoms with Crippen molar-refractivity contribution in [3.8, 4) is 11.5 Å². The first-order chi connectivity index (χ1) is 11.1. The topological polar surface area (TPSA) is 71.0 Å². The second-order valence-corrected chi connectivity index (χ2v) is 5.49. The summed E-state index contributed by atoms with van der Waals surface area (Å²) in [6, 6.07) is 4.79. The number of likely N-dealkylation sites (tertiary alicyclic amines) is 1. The average Bonchev–Trinajstić information content (AvgIpc) is 2.95. The number of carbonyl (C=O) groups excluding carboxylic acids is 1. The van der Waals surface area contributed by atoms with Gasteiger partial charge in [0, 0.05) is 13.0 Å². The normalized spacial score (nSPS) is 20.4.